The third-order valence-electron chi connectivity index (χ3n) is 6.53. The van der Waals surface area contributed by atoms with Gasteiger partial charge >= 0.3 is 11.9 Å². The minimum absolute atomic E-state index is 0.154. The van der Waals surface area contributed by atoms with E-state index in [2.05, 4.69) is 19.1 Å². The van der Waals surface area contributed by atoms with Gasteiger partial charge < -0.3 is 20.1 Å². The molecule has 0 saturated heterocycles. The van der Waals surface area contributed by atoms with E-state index in [4.69, 9.17) is 0 Å². The normalized spacial score (nSPS) is 16.5. The average molecular weight is 442 g/mol. The van der Waals surface area contributed by atoms with Crippen molar-refractivity contribution in [2.24, 2.45) is 0 Å². The lowest BCUT2D eigenvalue weighted by atomic mass is 10.0. The van der Waals surface area contributed by atoms with E-state index in [0.717, 1.165) is 19.3 Å². The summed E-state index contributed by atoms with van der Waals surface area (Å²) in [6.45, 7) is 6.47. The SMILES string of the molecule is CCCCCCCCC/C=C/CCCC[N+](C(C)C(=O)[O-])(C(C)C(=O)O)C(C)C(=O)O. The summed E-state index contributed by atoms with van der Waals surface area (Å²) in [5.41, 5.74) is 0. The lowest BCUT2D eigenvalue weighted by molar-refractivity contribution is -0.969. The fourth-order valence-electron chi connectivity index (χ4n) is 4.30. The fraction of sp³-hybridized carbons (Fsp3) is 0.792. The van der Waals surface area contributed by atoms with E-state index < -0.39 is 40.5 Å². The maximum absolute atomic E-state index is 11.7. The van der Waals surface area contributed by atoms with Gasteiger partial charge in [-0.3, -0.25) is 4.48 Å². The van der Waals surface area contributed by atoms with Crippen LogP contribution in [-0.2, 0) is 14.4 Å². The van der Waals surface area contributed by atoms with Crippen molar-refractivity contribution in [2.75, 3.05) is 6.54 Å². The molecule has 3 atom stereocenters. The molecule has 0 rings (SSSR count). The maximum atomic E-state index is 11.7. The molecule has 0 amide bonds. The van der Waals surface area contributed by atoms with Crippen LogP contribution >= 0.6 is 0 Å². The van der Waals surface area contributed by atoms with Crippen LogP contribution in [0.5, 0.6) is 0 Å². The zero-order valence-electron chi connectivity index (χ0n) is 19.8. The molecule has 0 radical (unpaired) electrons. The van der Waals surface area contributed by atoms with Crippen molar-refractivity contribution in [3.05, 3.63) is 12.2 Å². The Balaban J connectivity index is 4.69. The van der Waals surface area contributed by atoms with E-state index in [9.17, 15) is 29.7 Å². The van der Waals surface area contributed by atoms with Crippen molar-refractivity contribution >= 4 is 17.9 Å². The summed E-state index contributed by atoms with van der Waals surface area (Å²) in [6, 6.07) is -3.59. The molecule has 0 spiro atoms. The number of hydrogen-bond acceptors (Lipinski definition) is 4. The number of quaternary nitrogens is 1. The second-order valence-electron chi connectivity index (χ2n) is 8.62. The first kappa shape index (κ1) is 29.1. The summed E-state index contributed by atoms with van der Waals surface area (Å²) in [5, 5.41) is 30.7. The van der Waals surface area contributed by atoms with E-state index in [1.807, 2.05) is 0 Å². The standard InChI is InChI=1S/C24H43NO6/c1-5-6-7-8-9-10-11-12-13-14-15-16-17-18-25(19(2)22(26)27,20(3)23(28)29)21(4)24(30)31/h13-14,19-21H,5-12,15-18H2,1-4H3,(H2-,26,27,28,29,30,31)/b14-13+. The van der Waals surface area contributed by atoms with Gasteiger partial charge in [-0.25, -0.2) is 9.59 Å². The molecular weight excluding hydrogens is 398 g/mol. The zero-order chi connectivity index (χ0) is 23.9. The van der Waals surface area contributed by atoms with Crippen LogP contribution in [0.4, 0.5) is 0 Å². The van der Waals surface area contributed by atoms with Crippen molar-refractivity contribution in [1.82, 2.24) is 0 Å². The Morgan fingerprint density at radius 2 is 1.16 bits per heavy atom. The fourth-order valence-corrected chi connectivity index (χ4v) is 4.30. The zero-order valence-corrected chi connectivity index (χ0v) is 19.8. The van der Waals surface area contributed by atoms with Crippen LogP contribution in [0.2, 0.25) is 0 Å². The van der Waals surface area contributed by atoms with Crippen molar-refractivity contribution in [1.29, 1.82) is 0 Å². The van der Waals surface area contributed by atoms with E-state index in [1.165, 1.54) is 65.7 Å². The van der Waals surface area contributed by atoms with E-state index in [-0.39, 0.29) is 6.54 Å². The Labute approximate surface area is 187 Å². The number of carboxylic acid groups (broad SMARTS) is 3. The summed E-state index contributed by atoms with van der Waals surface area (Å²) in [7, 11) is 0. The third kappa shape index (κ3) is 9.85. The van der Waals surface area contributed by atoms with Gasteiger partial charge in [0.15, 0.2) is 12.1 Å². The molecule has 0 heterocycles. The molecule has 0 aromatic rings. The van der Waals surface area contributed by atoms with Crippen LogP contribution < -0.4 is 5.11 Å². The summed E-state index contributed by atoms with van der Waals surface area (Å²) in [6.07, 6.45) is 16.3. The van der Waals surface area contributed by atoms with Gasteiger partial charge in [-0.1, -0.05) is 57.6 Å². The van der Waals surface area contributed by atoms with Crippen LogP contribution in [-0.4, -0.2) is 57.3 Å². The van der Waals surface area contributed by atoms with Crippen molar-refractivity contribution in [3.8, 4) is 0 Å². The minimum Gasteiger partial charge on any atom is -0.544 e. The lowest BCUT2D eigenvalue weighted by Crippen LogP contribution is -2.72. The molecule has 180 valence electrons. The molecule has 0 aromatic heterocycles. The first-order valence-corrected chi connectivity index (χ1v) is 11.8. The lowest BCUT2D eigenvalue weighted by Gasteiger charge is -2.49. The van der Waals surface area contributed by atoms with Crippen LogP contribution in [0.15, 0.2) is 12.2 Å². The average Bonchev–Trinajstić information content (AvgIpc) is 2.72. The second-order valence-corrected chi connectivity index (χ2v) is 8.62. The minimum atomic E-state index is -1.43. The third-order valence-corrected chi connectivity index (χ3v) is 6.53. The molecule has 0 saturated carbocycles. The van der Waals surface area contributed by atoms with Gasteiger partial charge in [-0.05, 0) is 52.9 Å². The molecule has 7 nitrogen and oxygen atoms in total. The first-order chi connectivity index (χ1) is 14.6. The van der Waals surface area contributed by atoms with E-state index >= 15 is 0 Å². The highest BCUT2D eigenvalue weighted by Crippen LogP contribution is 2.27. The topological polar surface area (TPSA) is 115 Å². The summed E-state index contributed by atoms with van der Waals surface area (Å²) >= 11 is 0. The Hall–Kier alpha value is -1.89. The second kappa shape index (κ2) is 15.8. The van der Waals surface area contributed by atoms with Crippen LogP contribution in [0.25, 0.3) is 0 Å². The number of carbonyl (C=O) groups excluding carboxylic acids is 1. The number of nitrogens with zero attached hydrogens (tertiary/aromatic N) is 1. The smallest absolute Gasteiger partial charge is 0.362 e. The molecule has 0 aromatic carbocycles. The summed E-state index contributed by atoms with van der Waals surface area (Å²) < 4.78 is -0.561. The van der Waals surface area contributed by atoms with E-state index in [0.29, 0.717) is 6.42 Å². The molecule has 3 unspecified atom stereocenters. The van der Waals surface area contributed by atoms with Gasteiger partial charge in [0.25, 0.3) is 0 Å². The van der Waals surface area contributed by atoms with Gasteiger partial charge in [-0.2, -0.15) is 0 Å². The number of aliphatic carboxylic acids is 3. The molecule has 0 fully saturated rings. The number of carboxylic acids is 3. The number of hydrogen-bond donors (Lipinski definition) is 2. The van der Waals surface area contributed by atoms with Gasteiger partial charge in [0.2, 0.25) is 0 Å². The molecule has 31 heavy (non-hydrogen) atoms. The molecule has 0 aliphatic rings. The summed E-state index contributed by atoms with van der Waals surface area (Å²) in [5.74, 6) is -3.86. The number of allylic oxidation sites excluding steroid dienone is 2. The van der Waals surface area contributed by atoms with Gasteiger partial charge in [0.05, 0.1) is 12.5 Å². The van der Waals surface area contributed by atoms with Crippen molar-refractivity contribution < 1.29 is 34.2 Å². The maximum Gasteiger partial charge on any atom is 0.362 e. The molecule has 7 heteroatoms. The number of carbonyl (C=O) groups is 3. The predicted molar refractivity (Wildman–Crippen MR) is 119 cm³/mol. The van der Waals surface area contributed by atoms with Gasteiger partial charge in [0, 0.05) is 0 Å². The highest BCUT2D eigenvalue weighted by atomic mass is 16.4. The van der Waals surface area contributed by atoms with Crippen molar-refractivity contribution in [3.63, 3.8) is 0 Å². The Morgan fingerprint density at radius 3 is 1.58 bits per heavy atom. The van der Waals surface area contributed by atoms with Crippen LogP contribution in [0, 0.1) is 0 Å². The van der Waals surface area contributed by atoms with Crippen LogP contribution in [0.1, 0.15) is 98.3 Å². The Kier molecular flexibility index (Phi) is 14.9. The molecule has 2 N–H and O–H groups in total. The monoisotopic (exact) mass is 441 g/mol. The van der Waals surface area contributed by atoms with Gasteiger partial charge in [-0.15, -0.1) is 0 Å². The number of unbranched alkanes of at least 4 members (excludes halogenated alkanes) is 9. The highest BCUT2D eigenvalue weighted by molar-refractivity contribution is 5.76. The van der Waals surface area contributed by atoms with Crippen molar-refractivity contribution in [2.45, 2.75) is 116 Å². The Morgan fingerprint density at radius 1 is 0.742 bits per heavy atom. The largest absolute Gasteiger partial charge is 0.544 e. The Bertz CT molecular complexity index is 524. The van der Waals surface area contributed by atoms with E-state index in [1.54, 1.807) is 0 Å². The first-order valence-electron chi connectivity index (χ1n) is 11.8. The highest BCUT2D eigenvalue weighted by Gasteiger charge is 2.50. The predicted octanol–water partition coefficient (Wildman–Crippen LogP) is 3.76. The van der Waals surface area contributed by atoms with Gasteiger partial charge in [0.1, 0.15) is 6.04 Å². The molecule has 0 aliphatic heterocycles. The number of rotatable bonds is 19. The summed E-state index contributed by atoms with van der Waals surface area (Å²) in [4.78, 5) is 35.0. The molecule has 0 aliphatic carbocycles. The quantitative estimate of drug-likeness (QED) is 0.179. The van der Waals surface area contributed by atoms with Crippen LogP contribution in [0.3, 0.4) is 0 Å². The molecular formula is C24H43NO6. The molecule has 0 bridgehead atoms.